The van der Waals surface area contributed by atoms with E-state index < -0.39 is 0 Å². The largest absolute Gasteiger partial charge is 0.352 e. The molecule has 0 atom stereocenters. The summed E-state index contributed by atoms with van der Waals surface area (Å²) >= 11 is 0. The van der Waals surface area contributed by atoms with Gasteiger partial charge in [-0.25, -0.2) is 4.52 Å². The van der Waals surface area contributed by atoms with Crippen molar-refractivity contribution >= 4 is 17.0 Å². The molecule has 2 aromatic heterocycles. The van der Waals surface area contributed by atoms with Gasteiger partial charge in [-0.2, -0.15) is 5.10 Å². The molecular formula is C18H15N3O. The van der Waals surface area contributed by atoms with Crippen LogP contribution in [0.5, 0.6) is 0 Å². The second-order valence-corrected chi connectivity index (χ2v) is 5.33. The van der Waals surface area contributed by atoms with E-state index in [1.807, 2.05) is 47.1 Å². The van der Waals surface area contributed by atoms with Gasteiger partial charge < -0.3 is 5.32 Å². The summed E-state index contributed by atoms with van der Waals surface area (Å²) in [5.41, 5.74) is 5.12. The van der Waals surface area contributed by atoms with Crippen molar-refractivity contribution in [3.8, 4) is 11.3 Å². The van der Waals surface area contributed by atoms with E-state index in [4.69, 9.17) is 5.10 Å². The monoisotopic (exact) mass is 289 g/mol. The Kier molecular flexibility index (Phi) is 3.00. The quantitative estimate of drug-likeness (QED) is 0.788. The molecular weight excluding hydrogens is 274 g/mol. The molecule has 4 heteroatoms. The molecule has 1 amide bonds. The van der Waals surface area contributed by atoms with Gasteiger partial charge in [0.25, 0.3) is 0 Å². The van der Waals surface area contributed by atoms with Crippen molar-refractivity contribution in [1.29, 1.82) is 0 Å². The molecule has 0 saturated carbocycles. The van der Waals surface area contributed by atoms with Crippen molar-refractivity contribution in [2.75, 3.05) is 6.54 Å². The zero-order valence-corrected chi connectivity index (χ0v) is 12.0. The molecule has 1 aliphatic heterocycles. The fourth-order valence-electron chi connectivity index (χ4n) is 2.91. The first-order chi connectivity index (χ1) is 10.8. The number of hydrogen-bond donors (Lipinski definition) is 1. The Balaban J connectivity index is 2.01. The molecule has 4 rings (SSSR count). The highest BCUT2D eigenvalue weighted by Crippen LogP contribution is 2.33. The van der Waals surface area contributed by atoms with Crippen LogP contribution in [-0.4, -0.2) is 22.1 Å². The molecule has 0 radical (unpaired) electrons. The van der Waals surface area contributed by atoms with Gasteiger partial charge >= 0.3 is 0 Å². The molecule has 22 heavy (non-hydrogen) atoms. The van der Waals surface area contributed by atoms with Crippen LogP contribution in [0.2, 0.25) is 0 Å². The number of aromatic nitrogens is 2. The normalized spacial score (nSPS) is 14.7. The van der Waals surface area contributed by atoms with E-state index in [2.05, 4.69) is 17.4 Å². The van der Waals surface area contributed by atoms with Crippen molar-refractivity contribution in [2.45, 2.75) is 6.42 Å². The molecule has 0 aliphatic carbocycles. The van der Waals surface area contributed by atoms with E-state index in [-0.39, 0.29) is 5.91 Å². The number of amides is 1. The summed E-state index contributed by atoms with van der Waals surface area (Å²) in [6.45, 7) is 0.670. The third-order valence-electron chi connectivity index (χ3n) is 3.91. The molecule has 108 valence electrons. The van der Waals surface area contributed by atoms with Gasteiger partial charge in [-0.3, -0.25) is 4.79 Å². The van der Waals surface area contributed by atoms with E-state index in [1.54, 1.807) is 6.08 Å². The lowest BCUT2D eigenvalue weighted by atomic mass is 9.95. The van der Waals surface area contributed by atoms with Crippen molar-refractivity contribution < 1.29 is 4.79 Å². The number of fused-ring (bicyclic) bond motifs is 1. The summed E-state index contributed by atoms with van der Waals surface area (Å²) in [7, 11) is 0. The van der Waals surface area contributed by atoms with Gasteiger partial charge in [0.15, 0.2) is 0 Å². The summed E-state index contributed by atoms with van der Waals surface area (Å²) < 4.78 is 1.88. The third kappa shape index (κ3) is 2.09. The first-order valence-electron chi connectivity index (χ1n) is 7.34. The molecule has 0 fully saturated rings. The Morgan fingerprint density at radius 2 is 1.86 bits per heavy atom. The number of carbonyl (C=O) groups is 1. The summed E-state index contributed by atoms with van der Waals surface area (Å²) in [6, 6.07) is 16.1. The molecule has 1 aliphatic rings. The highest BCUT2D eigenvalue weighted by molar-refractivity contribution is 6.01. The van der Waals surface area contributed by atoms with Gasteiger partial charge in [0, 0.05) is 29.9 Å². The predicted molar refractivity (Wildman–Crippen MR) is 86.2 cm³/mol. The smallest absolute Gasteiger partial charge is 0.244 e. The molecule has 1 aromatic carbocycles. The van der Waals surface area contributed by atoms with E-state index >= 15 is 0 Å². The van der Waals surface area contributed by atoms with Gasteiger partial charge in [0.1, 0.15) is 5.69 Å². The van der Waals surface area contributed by atoms with Gasteiger partial charge in [-0.05, 0) is 24.1 Å². The minimum atomic E-state index is -0.0319. The average molecular weight is 289 g/mol. The molecule has 0 saturated heterocycles. The standard InChI is InChI=1S/C18H15N3O/c22-16-12-14(9-10-19-16)17-15-8-4-5-11-21(15)20-18(17)13-6-2-1-3-7-13/h1-8,11-12H,9-10H2,(H,19,22). The van der Waals surface area contributed by atoms with Gasteiger partial charge in [0.05, 0.1) is 5.52 Å². The zero-order valence-electron chi connectivity index (χ0n) is 12.0. The molecule has 0 bridgehead atoms. The highest BCUT2D eigenvalue weighted by Gasteiger charge is 2.20. The van der Waals surface area contributed by atoms with Crippen molar-refractivity contribution in [2.24, 2.45) is 0 Å². The van der Waals surface area contributed by atoms with Gasteiger partial charge in [-0.15, -0.1) is 0 Å². The first kappa shape index (κ1) is 12.8. The Hall–Kier alpha value is -2.88. The predicted octanol–water partition coefficient (Wildman–Crippen LogP) is 2.90. The molecule has 0 spiro atoms. The number of rotatable bonds is 2. The minimum absolute atomic E-state index is 0.0319. The average Bonchev–Trinajstić information content (AvgIpc) is 2.95. The zero-order chi connectivity index (χ0) is 14.9. The highest BCUT2D eigenvalue weighted by atomic mass is 16.1. The van der Waals surface area contributed by atoms with Crippen LogP contribution in [0.15, 0.2) is 60.8 Å². The van der Waals surface area contributed by atoms with Gasteiger partial charge in [0.2, 0.25) is 5.91 Å². The van der Waals surface area contributed by atoms with Crippen molar-refractivity contribution in [3.05, 3.63) is 66.4 Å². The second kappa shape index (κ2) is 5.15. The van der Waals surface area contributed by atoms with Crippen LogP contribution in [0.4, 0.5) is 0 Å². The van der Waals surface area contributed by atoms with Crippen molar-refractivity contribution in [1.82, 2.24) is 14.9 Å². The maximum absolute atomic E-state index is 11.7. The van der Waals surface area contributed by atoms with Crippen LogP contribution >= 0.6 is 0 Å². The van der Waals surface area contributed by atoms with Crippen LogP contribution in [0, 0.1) is 0 Å². The van der Waals surface area contributed by atoms with Crippen LogP contribution in [0.1, 0.15) is 12.0 Å². The van der Waals surface area contributed by atoms with Crippen LogP contribution in [0.25, 0.3) is 22.3 Å². The maximum atomic E-state index is 11.7. The van der Waals surface area contributed by atoms with Crippen LogP contribution in [-0.2, 0) is 4.79 Å². The van der Waals surface area contributed by atoms with E-state index in [9.17, 15) is 4.79 Å². The number of hydrogen-bond acceptors (Lipinski definition) is 2. The van der Waals surface area contributed by atoms with Crippen molar-refractivity contribution in [3.63, 3.8) is 0 Å². The molecule has 3 aromatic rings. The van der Waals surface area contributed by atoms with Crippen LogP contribution in [0.3, 0.4) is 0 Å². The topological polar surface area (TPSA) is 46.4 Å². The minimum Gasteiger partial charge on any atom is -0.352 e. The molecule has 3 heterocycles. The number of nitrogens with one attached hydrogen (secondary N) is 1. The fourth-order valence-corrected chi connectivity index (χ4v) is 2.91. The van der Waals surface area contributed by atoms with E-state index in [0.29, 0.717) is 6.54 Å². The fraction of sp³-hybridized carbons (Fsp3) is 0.111. The summed E-state index contributed by atoms with van der Waals surface area (Å²) in [4.78, 5) is 11.7. The summed E-state index contributed by atoms with van der Waals surface area (Å²) in [6.07, 6.45) is 4.45. The number of carbonyl (C=O) groups excluding carboxylic acids is 1. The summed E-state index contributed by atoms with van der Waals surface area (Å²) in [5, 5.41) is 7.57. The lowest BCUT2D eigenvalue weighted by molar-refractivity contribution is -0.116. The molecule has 4 nitrogen and oxygen atoms in total. The maximum Gasteiger partial charge on any atom is 0.244 e. The summed E-state index contributed by atoms with van der Waals surface area (Å²) in [5.74, 6) is -0.0319. The molecule has 1 N–H and O–H groups in total. The van der Waals surface area contributed by atoms with Gasteiger partial charge in [-0.1, -0.05) is 36.4 Å². The lowest BCUT2D eigenvalue weighted by Gasteiger charge is -2.14. The number of benzene rings is 1. The van der Waals surface area contributed by atoms with E-state index in [0.717, 1.165) is 34.3 Å². The second-order valence-electron chi connectivity index (χ2n) is 5.33. The Morgan fingerprint density at radius 1 is 1.05 bits per heavy atom. The molecule has 0 unspecified atom stereocenters. The Morgan fingerprint density at radius 3 is 2.68 bits per heavy atom. The van der Waals surface area contributed by atoms with E-state index in [1.165, 1.54) is 0 Å². The SMILES string of the molecule is O=C1C=C(c2c(-c3ccccc3)nn3ccccc23)CCN1. The number of nitrogens with zero attached hydrogens (tertiary/aromatic N) is 2. The first-order valence-corrected chi connectivity index (χ1v) is 7.34. The Bertz CT molecular complexity index is 878. The Labute approximate surface area is 128 Å². The lowest BCUT2D eigenvalue weighted by Crippen LogP contribution is -2.26. The third-order valence-corrected chi connectivity index (χ3v) is 3.91. The number of pyridine rings is 1. The van der Waals surface area contributed by atoms with Crippen LogP contribution < -0.4 is 5.32 Å².